The monoisotopic (exact) mass is 366 g/mol. The largest absolute Gasteiger partial charge is 0.416 e. The third-order valence-corrected chi connectivity index (χ3v) is 3.94. The molecule has 0 radical (unpaired) electrons. The van der Waals surface area contributed by atoms with Gasteiger partial charge < -0.3 is 4.98 Å². The number of rotatable bonds is 2. The van der Waals surface area contributed by atoms with E-state index in [0.717, 1.165) is 12.1 Å². The normalized spacial score (nSPS) is 12.6. The van der Waals surface area contributed by atoms with E-state index >= 15 is 0 Å². The second-order valence-corrected chi connectivity index (χ2v) is 5.68. The second kappa shape index (κ2) is 7.31. The van der Waals surface area contributed by atoms with Crippen LogP contribution >= 0.6 is 0 Å². The third-order valence-electron chi connectivity index (χ3n) is 3.94. The number of aromatic amines is 1. The first-order valence-corrected chi connectivity index (χ1v) is 8.31. The van der Waals surface area contributed by atoms with Gasteiger partial charge in [-0.2, -0.15) is 18.3 Å². The van der Waals surface area contributed by atoms with Crippen LogP contribution in [-0.4, -0.2) is 19.7 Å². The Kier molecular flexibility index (Phi) is 5.53. The van der Waals surface area contributed by atoms with Gasteiger partial charge in [-0.1, -0.05) is 26.0 Å². The lowest BCUT2D eigenvalue weighted by atomic mass is 10.1. The predicted molar refractivity (Wildman–Crippen MR) is 94.2 cm³/mol. The van der Waals surface area contributed by atoms with E-state index < -0.39 is 11.7 Å². The second-order valence-electron chi connectivity index (χ2n) is 5.68. The first kappa shape index (κ1) is 19.7. The van der Waals surface area contributed by atoms with E-state index in [0.29, 0.717) is 28.1 Å². The van der Waals surface area contributed by atoms with E-state index in [1.54, 1.807) is 25.5 Å². The van der Waals surface area contributed by atoms with Crippen LogP contribution in [0.15, 0.2) is 29.1 Å². The van der Waals surface area contributed by atoms with Crippen LogP contribution in [0.1, 0.15) is 49.5 Å². The number of nitrogens with one attached hydrogen (secondary N) is 1. The van der Waals surface area contributed by atoms with Gasteiger partial charge in [0.2, 0.25) is 0 Å². The summed E-state index contributed by atoms with van der Waals surface area (Å²) < 4.78 is 39.6. The number of nitrogens with zero attached hydrogens (tertiary/aromatic N) is 3. The molecule has 0 aliphatic rings. The fourth-order valence-corrected chi connectivity index (χ4v) is 2.68. The molecule has 2 aromatic heterocycles. The fraction of sp³-hybridized carbons (Fsp3) is 0.389. The SMILES string of the molecule is CC.Cc1nc2c(c(C)nn2C(C)c2ccc(C(F)(F)F)cc2)c(=O)[nH]1. The van der Waals surface area contributed by atoms with E-state index in [2.05, 4.69) is 15.1 Å². The maximum Gasteiger partial charge on any atom is 0.416 e. The summed E-state index contributed by atoms with van der Waals surface area (Å²) in [5.74, 6) is 0.452. The molecule has 2 heterocycles. The Morgan fingerprint density at radius 2 is 1.69 bits per heavy atom. The Morgan fingerprint density at radius 1 is 1.12 bits per heavy atom. The highest BCUT2D eigenvalue weighted by molar-refractivity contribution is 5.77. The lowest BCUT2D eigenvalue weighted by Crippen LogP contribution is -2.13. The van der Waals surface area contributed by atoms with Gasteiger partial charge in [0.05, 0.1) is 17.3 Å². The Morgan fingerprint density at radius 3 is 2.23 bits per heavy atom. The van der Waals surface area contributed by atoms with Crippen molar-refractivity contribution in [3.8, 4) is 0 Å². The molecule has 0 spiro atoms. The van der Waals surface area contributed by atoms with Crippen LogP contribution in [0, 0.1) is 13.8 Å². The molecule has 8 heteroatoms. The zero-order chi connectivity index (χ0) is 19.6. The first-order valence-electron chi connectivity index (χ1n) is 8.31. The summed E-state index contributed by atoms with van der Waals surface area (Å²) >= 11 is 0. The van der Waals surface area contributed by atoms with Gasteiger partial charge in [0.1, 0.15) is 11.2 Å². The van der Waals surface area contributed by atoms with Crippen molar-refractivity contribution < 1.29 is 13.2 Å². The molecular formula is C18H21F3N4O. The summed E-state index contributed by atoms with van der Waals surface area (Å²) in [6.45, 7) is 9.16. The molecule has 1 unspecified atom stereocenters. The van der Waals surface area contributed by atoms with Crippen molar-refractivity contribution in [1.29, 1.82) is 0 Å². The van der Waals surface area contributed by atoms with Crippen molar-refractivity contribution in [2.75, 3.05) is 0 Å². The molecular weight excluding hydrogens is 345 g/mol. The van der Waals surface area contributed by atoms with Crippen LogP contribution in [-0.2, 0) is 6.18 Å². The Bertz CT molecular complexity index is 955. The Hall–Kier alpha value is -2.64. The average molecular weight is 366 g/mol. The smallest absolute Gasteiger partial charge is 0.310 e. The van der Waals surface area contributed by atoms with Gasteiger partial charge in [0.15, 0.2) is 5.65 Å². The quantitative estimate of drug-likeness (QED) is 0.732. The van der Waals surface area contributed by atoms with Gasteiger partial charge in [-0.3, -0.25) is 4.79 Å². The summed E-state index contributed by atoms with van der Waals surface area (Å²) in [5.41, 5.74) is 0.608. The average Bonchev–Trinajstić information content (AvgIpc) is 2.92. The van der Waals surface area contributed by atoms with Gasteiger partial charge in [0.25, 0.3) is 5.56 Å². The highest BCUT2D eigenvalue weighted by atomic mass is 19.4. The minimum atomic E-state index is -4.37. The molecule has 1 atom stereocenters. The fourth-order valence-electron chi connectivity index (χ4n) is 2.68. The Balaban J connectivity index is 0.00000117. The molecule has 26 heavy (non-hydrogen) atoms. The Labute approximate surface area is 148 Å². The molecule has 3 aromatic rings. The maximum atomic E-state index is 12.7. The summed E-state index contributed by atoms with van der Waals surface area (Å²) in [5, 5.41) is 4.74. The molecule has 1 aromatic carbocycles. The van der Waals surface area contributed by atoms with Crippen LogP contribution in [0.3, 0.4) is 0 Å². The molecule has 0 aliphatic heterocycles. The molecule has 5 nitrogen and oxygen atoms in total. The van der Waals surface area contributed by atoms with Crippen molar-refractivity contribution in [2.24, 2.45) is 0 Å². The number of alkyl halides is 3. The van der Waals surface area contributed by atoms with E-state index in [1.165, 1.54) is 12.1 Å². The topological polar surface area (TPSA) is 63.6 Å². The summed E-state index contributed by atoms with van der Waals surface area (Å²) in [7, 11) is 0. The van der Waals surface area contributed by atoms with Crippen molar-refractivity contribution in [3.63, 3.8) is 0 Å². The van der Waals surface area contributed by atoms with Crippen molar-refractivity contribution in [1.82, 2.24) is 19.7 Å². The van der Waals surface area contributed by atoms with E-state index in [4.69, 9.17) is 0 Å². The number of halogens is 3. The highest BCUT2D eigenvalue weighted by Gasteiger charge is 2.30. The molecule has 0 amide bonds. The number of aryl methyl sites for hydroxylation is 2. The maximum absolute atomic E-state index is 12.7. The number of H-pyrrole nitrogens is 1. The molecule has 0 bridgehead atoms. The van der Waals surface area contributed by atoms with Crippen molar-refractivity contribution >= 4 is 11.0 Å². The van der Waals surface area contributed by atoms with Gasteiger partial charge in [-0.05, 0) is 38.5 Å². The first-order chi connectivity index (χ1) is 12.2. The van der Waals surface area contributed by atoms with Crippen molar-refractivity contribution in [3.05, 3.63) is 57.3 Å². The van der Waals surface area contributed by atoms with Crippen molar-refractivity contribution in [2.45, 2.75) is 46.8 Å². The lowest BCUT2D eigenvalue weighted by molar-refractivity contribution is -0.137. The summed E-state index contributed by atoms with van der Waals surface area (Å²) in [6.07, 6.45) is -4.37. The molecule has 3 rings (SSSR count). The number of benzene rings is 1. The predicted octanol–water partition coefficient (Wildman–Crippen LogP) is 4.39. The van der Waals surface area contributed by atoms with E-state index in [1.807, 2.05) is 13.8 Å². The summed E-state index contributed by atoms with van der Waals surface area (Å²) in [4.78, 5) is 19.0. The molecule has 0 saturated heterocycles. The third kappa shape index (κ3) is 3.63. The molecule has 0 fully saturated rings. The summed E-state index contributed by atoms with van der Waals surface area (Å²) in [6, 6.07) is 4.54. The van der Waals surface area contributed by atoms with Gasteiger partial charge >= 0.3 is 6.18 Å². The standard InChI is InChI=1S/C16H15F3N4O.C2H6/c1-8-13-14(20-10(3)21-15(13)24)23(22-8)9(2)11-4-6-12(7-5-11)16(17,18)19;1-2/h4-7,9H,1-3H3,(H,20,21,24);1-2H3. The molecule has 1 N–H and O–H groups in total. The van der Waals surface area contributed by atoms with Crippen LogP contribution < -0.4 is 5.56 Å². The number of fused-ring (bicyclic) bond motifs is 1. The molecule has 0 aliphatic carbocycles. The minimum Gasteiger partial charge on any atom is -0.310 e. The van der Waals surface area contributed by atoms with Crippen LogP contribution in [0.4, 0.5) is 13.2 Å². The van der Waals surface area contributed by atoms with Crippen LogP contribution in [0.2, 0.25) is 0 Å². The zero-order valence-corrected chi connectivity index (χ0v) is 15.3. The number of hydrogen-bond acceptors (Lipinski definition) is 3. The molecule has 140 valence electrons. The number of hydrogen-bond donors (Lipinski definition) is 1. The van der Waals surface area contributed by atoms with Crippen LogP contribution in [0.5, 0.6) is 0 Å². The lowest BCUT2D eigenvalue weighted by Gasteiger charge is -2.15. The van der Waals surface area contributed by atoms with Gasteiger partial charge in [-0.25, -0.2) is 9.67 Å². The minimum absolute atomic E-state index is 0.277. The van der Waals surface area contributed by atoms with Gasteiger partial charge in [-0.15, -0.1) is 0 Å². The molecule has 0 saturated carbocycles. The van der Waals surface area contributed by atoms with Crippen LogP contribution in [0.25, 0.3) is 11.0 Å². The zero-order valence-electron chi connectivity index (χ0n) is 15.3. The van der Waals surface area contributed by atoms with E-state index in [9.17, 15) is 18.0 Å². The number of aromatic nitrogens is 4. The van der Waals surface area contributed by atoms with Gasteiger partial charge in [0, 0.05) is 0 Å². The van der Waals surface area contributed by atoms with E-state index in [-0.39, 0.29) is 11.6 Å². The highest BCUT2D eigenvalue weighted by Crippen LogP contribution is 2.30.